The topological polar surface area (TPSA) is 43.9 Å². The molecule has 108 valence electrons. The van der Waals surface area contributed by atoms with Crippen molar-refractivity contribution in [2.45, 2.75) is 13.8 Å². The van der Waals surface area contributed by atoms with Gasteiger partial charge in [-0.1, -0.05) is 18.2 Å². The molecule has 1 aromatic carbocycles. The first-order valence-corrected chi connectivity index (χ1v) is 7.20. The van der Waals surface area contributed by atoms with E-state index >= 15 is 0 Å². The molecule has 3 heterocycles. The molecule has 0 N–H and O–H groups in total. The van der Waals surface area contributed by atoms with Crippen LogP contribution in [0, 0.1) is 13.8 Å². The van der Waals surface area contributed by atoms with Gasteiger partial charge in [-0.15, -0.1) is 0 Å². The highest BCUT2D eigenvalue weighted by Gasteiger charge is 2.18. The summed E-state index contributed by atoms with van der Waals surface area (Å²) in [6.45, 7) is 4.02. The molecule has 4 rings (SSSR count). The molecule has 0 radical (unpaired) electrons. The number of nitrogens with zero attached hydrogens (tertiary/aromatic N) is 3. The van der Waals surface area contributed by atoms with Crippen molar-refractivity contribution < 1.29 is 4.42 Å². The first kappa shape index (κ1) is 12.8. The third-order valence-corrected chi connectivity index (χ3v) is 3.73. The Morgan fingerprint density at radius 3 is 2.59 bits per heavy atom. The lowest BCUT2D eigenvalue weighted by molar-refractivity contribution is 0.543. The average Bonchev–Trinajstić information content (AvgIpc) is 3.11. The van der Waals surface area contributed by atoms with E-state index in [2.05, 4.69) is 28.6 Å². The number of aryl methyl sites for hydroxylation is 2. The Morgan fingerprint density at radius 2 is 1.82 bits per heavy atom. The van der Waals surface area contributed by atoms with Crippen LogP contribution >= 0.6 is 0 Å². The number of fused-ring (bicyclic) bond motifs is 1. The number of hydrogen-bond donors (Lipinski definition) is 0. The number of pyridine rings is 1. The van der Waals surface area contributed by atoms with Crippen LogP contribution in [0.15, 0.2) is 59.1 Å². The third kappa shape index (κ3) is 1.92. The molecule has 3 aromatic heterocycles. The first-order valence-electron chi connectivity index (χ1n) is 7.20. The van der Waals surface area contributed by atoms with Crippen LogP contribution in [-0.4, -0.2) is 14.5 Å². The molecule has 0 fully saturated rings. The van der Waals surface area contributed by atoms with Crippen LogP contribution in [0.25, 0.3) is 28.4 Å². The number of furan rings is 1. The first-order chi connectivity index (χ1) is 10.7. The van der Waals surface area contributed by atoms with Crippen molar-refractivity contribution in [1.29, 1.82) is 0 Å². The summed E-state index contributed by atoms with van der Waals surface area (Å²) in [6.07, 6.45) is 1.79. The Bertz CT molecular complexity index is 965. The minimum Gasteiger partial charge on any atom is -0.458 e. The summed E-state index contributed by atoms with van der Waals surface area (Å²) in [5, 5.41) is 0. The molecule has 0 aliphatic heterocycles. The molecule has 22 heavy (non-hydrogen) atoms. The molecule has 0 atom stereocenters. The fraction of sp³-hybridized carbons (Fsp3) is 0.111. The second kappa shape index (κ2) is 4.84. The Kier molecular flexibility index (Phi) is 2.82. The van der Waals surface area contributed by atoms with Crippen molar-refractivity contribution >= 4 is 11.2 Å². The Morgan fingerprint density at radius 1 is 0.955 bits per heavy atom. The summed E-state index contributed by atoms with van der Waals surface area (Å²) in [7, 11) is 0. The van der Waals surface area contributed by atoms with Gasteiger partial charge >= 0.3 is 0 Å². The van der Waals surface area contributed by atoms with Gasteiger partial charge in [0.1, 0.15) is 11.3 Å². The van der Waals surface area contributed by atoms with E-state index in [1.54, 1.807) is 6.20 Å². The molecular formula is C18H15N3O. The fourth-order valence-electron chi connectivity index (χ4n) is 2.67. The summed E-state index contributed by atoms with van der Waals surface area (Å²) in [4.78, 5) is 9.23. The largest absolute Gasteiger partial charge is 0.458 e. The van der Waals surface area contributed by atoms with E-state index in [0.29, 0.717) is 0 Å². The maximum Gasteiger partial charge on any atom is 0.183 e. The van der Waals surface area contributed by atoms with E-state index in [-0.39, 0.29) is 0 Å². The molecule has 0 aliphatic rings. The van der Waals surface area contributed by atoms with Gasteiger partial charge in [0.2, 0.25) is 0 Å². The van der Waals surface area contributed by atoms with Gasteiger partial charge in [0.25, 0.3) is 0 Å². The summed E-state index contributed by atoms with van der Waals surface area (Å²) < 4.78 is 7.85. The van der Waals surface area contributed by atoms with Crippen molar-refractivity contribution in [2.75, 3.05) is 0 Å². The Balaban J connectivity index is 2.09. The SMILES string of the molecule is Cc1ccc(-c2nc3cccnc3n2-c2ccccc2C)o1. The average molecular weight is 289 g/mol. The van der Waals surface area contributed by atoms with Crippen LogP contribution in [0.5, 0.6) is 0 Å². The molecule has 0 unspecified atom stereocenters. The zero-order valence-corrected chi connectivity index (χ0v) is 12.4. The fourth-order valence-corrected chi connectivity index (χ4v) is 2.67. The van der Waals surface area contributed by atoms with E-state index in [9.17, 15) is 0 Å². The maximum atomic E-state index is 5.79. The molecule has 4 heteroatoms. The monoisotopic (exact) mass is 289 g/mol. The summed E-state index contributed by atoms with van der Waals surface area (Å²) >= 11 is 0. The van der Waals surface area contributed by atoms with Gasteiger partial charge in [-0.25, -0.2) is 9.97 Å². The lowest BCUT2D eigenvalue weighted by atomic mass is 10.2. The Labute approximate surface area is 128 Å². The normalized spacial score (nSPS) is 11.2. The molecule has 0 saturated carbocycles. The Hall–Kier alpha value is -2.88. The summed E-state index contributed by atoms with van der Waals surface area (Å²) in [6, 6.07) is 16.0. The van der Waals surface area contributed by atoms with Gasteiger partial charge in [-0.2, -0.15) is 0 Å². The van der Waals surface area contributed by atoms with Crippen LogP contribution in [0.1, 0.15) is 11.3 Å². The standard InChI is InChI=1S/C18H15N3O/c1-12-6-3-4-8-15(12)21-17-14(7-5-11-19-17)20-18(21)16-10-9-13(2)22-16/h3-11H,1-2H3. The third-order valence-electron chi connectivity index (χ3n) is 3.73. The van der Waals surface area contributed by atoms with Crippen LogP contribution < -0.4 is 0 Å². The van der Waals surface area contributed by atoms with Gasteiger partial charge in [0.05, 0.1) is 5.69 Å². The predicted molar refractivity (Wildman–Crippen MR) is 86.0 cm³/mol. The molecule has 4 aromatic rings. The quantitative estimate of drug-likeness (QED) is 0.552. The molecule has 0 spiro atoms. The summed E-state index contributed by atoms with van der Waals surface area (Å²) in [5.74, 6) is 2.39. The van der Waals surface area contributed by atoms with E-state index in [0.717, 1.165) is 39.8 Å². The van der Waals surface area contributed by atoms with Crippen molar-refractivity contribution in [3.05, 3.63) is 66.1 Å². The smallest absolute Gasteiger partial charge is 0.183 e. The molecule has 0 bridgehead atoms. The van der Waals surface area contributed by atoms with Crippen molar-refractivity contribution in [2.24, 2.45) is 0 Å². The number of rotatable bonds is 2. The van der Waals surface area contributed by atoms with Gasteiger partial charge in [-0.05, 0) is 49.7 Å². The molecule has 0 saturated heterocycles. The molecular weight excluding hydrogens is 274 g/mol. The van der Waals surface area contributed by atoms with Crippen molar-refractivity contribution in [3.63, 3.8) is 0 Å². The zero-order valence-electron chi connectivity index (χ0n) is 12.4. The molecule has 0 amide bonds. The number of benzene rings is 1. The predicted octanol–water partition coefficient (Wildman–Crippen LogP) is 4.30. The van der Waals surface area contributed by atoms with Crippen LogP contribution in [0.2, 0.25) is 0 Å². The van der Waals surface area contributed by atoms with Gasteiger partial charge < -0.3 is 4.42 Å². The molecule has 4 nitrogen and oxygen atoms in total. The lowest BCUT2D eigenvalue weighted by Gasteiger charge is -2.10. The highest BCUT2D eigenvalue weighted by atomic mass is 16.3. The van der Waals surface area contributed by atoms with Crippen LogP contribution in [-0.2, 0) is 0 Å². The highest BCUT2D eigenvalue weighted by Crippen LogP contribution is 2.29. The van der Waals surface area contributed by atoms with Crippen LogP contribution in [0.3, 0.4) is 0 Å². The van der Waals surface area contributed by atoms with E-state index < -0.39 is 0 Å². The molecule has 0 aliphatic carbocycles. The van der Waals surface area contributed by atoms with E-state index in [1.807, 2.05) is 43.3 Å². The maximum absolute atomic E-state index is 5.79. The van der Waals surface area contributed by atoms with Gasteiger partial charge in [0.15, 0.2) is 17.2 Å². The second-order valence-corrected chi connectivity index (χ2v) is 5.31. The highest BCUT2D eigenvalue weighted by molar-refractivity contribution is 5.79. The number of hydrogen-bond acceptors (Lipinski definition) is 3. The van der Waals surface area contributed by atoms with Gasteiger partial charge in [-0.3, -0.25) is 4.57 Å². The number of para-hydroxylation sites is 1. The lowest BCUT2D eigenvalue weighted by Crippen LogP contribution is -2.00. The van der Waals surface area contributed by atoms with Gasteiger partial charge in [0, 0.05) is 6.20 Å². The second-order valence-electron chi connectivity index (χ2n) is 5.31. The number of aromatic nitrogens is 3. The van der Waals surface area contributed by atoms with Crippen molar-refractivity contribution in [1.82, 2.24) is 14.5 Å². The van der Waals surface area contributed by atoms with E-state index in [4.69, 9.17) is 9.40 Å². The minimum atomic E-state index is 0.749. The van der Waals surface area contributed by atoms with Crippen LogP contribution in [0.4, 0.5) is 0 Å². The number of imidazole rings is 1. The summed E-state index contributed by atoms with van der Waals surface area (Å²) in [5.41, 5.74) is 3.92. The zero-order chi connectivity index (χ0) is 15.1. The van der Waals surface area contributed by atoms with Crippen molar-refractivity contribution in [3.8, 4) is 17.3 Å². The minimum absolute atomic E-state index is 0.749. The van der Waals surface area contributed by atoms with E-state index in [1.165, 1.54) is 0 Å².